The fourth-order valence-corrected chi connectivity index (χ4v) is 5.54. The Kier molecular flexibility index (Phi) is 8.12. The van der Waals surface area contributed by atoms with Gasteiger partial charge in [-0.25, -0.2) is 0 Å². The smallest absolute Gasteiger partial charge is 0.319 e. The fraction of sp³-hybridized carbons (Fsp3) is 0.452. The molecule has 40 heavy (non-hydrogen) atoms. The first-order valence-electron chi connectivity index (χ1n) is 14.0. The largest absolute Gasteiger partial charge is 0.465 e. The Morgan fingerprint density at radius 1 is 1.23 bits per heavy atom. The molecule has 0 saturated carbocycles. The predicted molar refractivity (Wildman–Crippen MR) is 153 cm³/mol. The molecule has 0 atom stereocenters. The van der Waals surface area contributed by atoms with E-state index in [1.54, 1.807) is 6.20 Å². The van der Waals surface area contributed by atoms with Crippen molar-refractivity contribution in [2.75, 3.05) is 19.7 Å². The van der Waals surface area contributed by atoms with Crippen molar-refractivity contribution in [1.82, 2.24) is 30.2 Å². The molecule has 1 aliphatic carbocycles. The standard InChI is InChI=1S/C31H38N6O3/c1-6-39-27(38)18-33-13-10-24-20(2)14-23(15-21(24)3)29-34-30(40-36-29)28-25-9-11-31(4,5)16-26(25)37(35-28)19-22-8-7-12-32-17-22/h7-8,12,14-15,17,33H,6,9-11,13,16,18-19H2,1-5H3. The van der Waals surface area contributed by atoms with E-state index < -0.39 is 0 Å². The zero-order chi connectivity index (χ0) is 28.3. The third kappa shape index (κ3) is 6.14. The number of carbonyl (C=O) groups excluding carboxylic acids is 1. The van der Waals surface area contributed by atoms with Crippen LogP contribution in [-0.2, 0) is 35.3 Å². The molecule has 4 aromatic rings. The second kappa shape index (κ2) is 11.7. The lowest BCUT2D eigenvalue weighted by Crippen LogP contribution is -2.26. The third-order valence-corrected chi connectivity index (χ3v) is 7.63. The summed E-state index contributed by atoms with van der Waals surface area (Å²) in [5, 5.41) is 12.5. The van der Waals surface area contributed by atoms with Crippen LogP contribution in [0.25, 0.3) is 23.0 Å². The molecule has 0 saturated heterocycles. The second-order valence-electron chi connectivity index (χ2n) is 11.4. The van der Waals surface area contributed by atoms with Crippen molar-refractivity contribution in [3.63, 3.8) is 0 Å². The molecule has 1 aromatic carbocycles. The minimum Gasteiger partial charge on any atom is -0.465 e. The van der Waals surface area contributed by atoms with Crippen molar-refractivity contribution >= 4 is 5.97 Å². The minimum absolute atomic E-state index is 0.210. The van der Waals surface area contributed by atoms with Gasteiger partial charge in [-0.2, -0.15) is 10.1 Å². The molecule has 9 heteroatoms. The van der Waals surface area contributed by atoms with Crippen molar-refractivity contribution in [2.45, 2.75) is 66.8 Å². The maximum Gasteiger partial charge on any atom is 0.319 e. The number of aromatic nitrogens is 5. The lowest BCUT2D eigenvalue weighted by atomic mass is 9.76. The van der Waals surface area contributed by atoms with E-state index in [1.165, 1.54) is 16.8 Å². The third-order valence-electron chi connectivity index (χ3n) is 7.63. The Morgan fingerprint density at radius 3 is 2.75 bits per heavy atom. The monoisotopic (exact) mass is 542 g/mol. The summed E-state index contributed by atoms with van der Waals surface area (Å²) in [6, 6.07) is 8.22. The number of ether oxygens (including phenoxy) is 1. The number of carbonyl (C=O) groups is 1. The van der Waals surface area contributed by atoms with Crippen LogP contribution in [0.15, 0.2) is 41.2 Å². The number of hydrogen-bond donors (Lipinski definition) is 1. The SMILES string of the molecule is CCOC(=O)CNCCc1c(C)cc(-c2noc(-c3nn(Cc4cccnc4)c4c3CCC(C)(C)C4)n2)cc1C. The molecular formula is C31H38N6O3. The maximum atomic E-state index is 11.6. The summed E-state index contributed by atoms with van der Waals surface area (Å²) in [5.74, 6) is 0.782. The number of aryl methyl sites for hydroxylation is 2. The number of rotatable bonds is 10. The highest BCUT2D eigenvalue weighted by Crippen LogP contribution is 2.39. The predicted octanol–water partition coefficient (Wildman–Crippen LogP) is 4.87. The Balaban J connectivity index is 1.37. The number of esters is 1. The van der Waals surface area contributed by atoms with Gasteiger partial charge >= 0.3 is 5.97 Å². The molecule has 0 radical (unpaired) electrons. The first-order chi connectivity index (χ1) is 19.2. The van der Waals surface area contributed by atoms with Gasteiger partial charge in [0.15, 0.2) is 5.69 Å². The fourth-order valence-electron chi connectivity index (χ4n) is 5.54. The first kappa shape index (κ1) is 27.7. The van der Waals surface area contributed by atoms with Gasteiger partial charge in [0, 0.05) is 29.2 Å². The van der Waals surface area contributed by atoms with Crippen LogP contribution in [0, 0.1) is 19.3 Å². The van der Waals surface area contributed by atoms with E-state index in [-0.39, 0.29) is 17.9 Å². The Labute approximate surface area is 235 Å². The van der Waals surface area contributed by atoms with Gasteiger partial charge < -0.3 is 14.6 Å². The zero-order valence-corrected chi connectivity index (χ0v) is 24.1. The number of hydrogen-bond acceptors (Lipinski definition) is 8. The van der Waals surface area contributed by atoms with Crippen molar-refractivity contribution in [1.29, 1.82) is 0 Å². The Hall–Kier alpha value is -3.85. The second-order valence-corrected chi connectivity index (χ2v) is 11.4. The molecule has 1 aliphatic rings. The van der Waals surface area contributed by atoms with Gasteiger partial charge in [-0.1, -0.05) is 25.1 Å². The van der Waals surface area contributed by atoms with Crippen LogP contribution >= 0.6 is 0 Å². The molecule has 3 aromatic heterocycles. The molecule has 0 spiro atoms. The summed E-state index contributed by atoms with van der Waals surface area (Å²) in [5.41, 5.74) is 9.01. The highest BCUT2D eigenvalue weighted by atomic mass is 16.5. The molecule has 0 amide bonds. The number of fused-ring (bicyclic) bond motifs is 1. The van der Waals surface area contributed by atoms with E-state index in [0.29, 0.717) is 31.4 Å². The van der Waals surface area contributed by atoms with Crippen molar-refractivity contribution in [3.05, 3.63) is 70.2 Å². The molecule has 0 aliphatic heterocycles. The Morgan fingerprint density at radius 2 is 2.02 bits per heavy atom. The molecule has 0 unspecified atom stereocenters. The Bertz CT molecular complexity index is 1470. The van der Waals surface area contributed by atoms with Gasteiger partial charge in [-0.3, -0.25) is 14.5 Å². The molecule has 0 bridgehead atoms. The molecule has 210 valence electrons. The van der Waals surface area contributed by atoms with Gasteiger partial charge in [0.05, 0.1) is 19.7 Å². The van der Waals surface area contributed by atoms with Gasteiger partial charge in [-0.15, -0.1) is 0 Å². The van der Waals surface area contributed by atoms with Crippen LogP contribution in [0.2, 0.25) is 0 Å². The molecule has 0 fully saturated rings. The van der Waals surface area contributed by atoms with Crippen molar-refractivity contribution in [3.8, 4) is 23.0 Å². The number of nitrogens with one attached hydrogen (secondary N) is 1. The van der Waals surface area contributed by atoms with Crippen LogP contribution in [0.5, 0.6) is 0 Å². The highest BCUT2D eigenvalue weighted by molar-refractivity contribution is 5.71. The molecule has 1 N–H and O–H groups in total. The minimum atomic E-state index is -0.230. The van der Waals surface area contributed by atoms with E-state index >= 15 is 0 Å². The van der Waals surface area contributed by atoms with Gasteiger partial charge in [-0.05, 0) is 98.9 Å². The topological polar surface area (TPSA) is 108 Å². The summed E-state index contributed by atoms with van der Waals surface area (Å²) < 4.78 is 12.9. The lowest BCUT2D eigenvalue weighted by Gasteiger charge is -2.30. The van der Waals surface area contributed by atoms with E-state index in [4.69, 9.17) is 19.3 Å². The van der Waals surface area contributed by atoms with Crippen LogP contribution in [0.1, 0.15) is 60.7 Å². The summed E-state index contributed by atoms with van der Waals surface area (Å²) in [6.07, 6.45) is 7.45. The normalized spacial score (nSPS) is 14.2. The van der Waals surface area contributed by atoms with Gasteiger partial charge in [0.25, 0.3) is 5.89 Å². The average molecular weight is 543 g/mol. The lowest BCUT2D eigenvalue weighted by molar-refractivity contribution is -0.141. The zero-order valence-electron chi connectivity index (χ0n) is 24.1. The van der Waals surface area contributed by atoms with E-state index in [9.17, 15) is 4.79 Å². The van der Waals surface area contributed by atoms with Gasteiger partial charge in [0.1, 0.15) is 0 Å². The van der Waals surface area contributed by atoms with Crippen LogP contribution in [-0.4, -0.2) is 50.6 Å². The molecular weight excluding hydrogens is 504 g/mol. The summed E-state index contributed by atoms with van der Waals surface area (Å²) in [4.78, 5) is 20.7. The molecule has 9 nitrogen and oxygen atoms in total. The van der Waals surface area contributed by atoms with Crippen molar-refractivity contribution in [2.24, 2.45) is 5.41 Å². The van der Waals surface area contributed by atoms with E-state index in [0.717, 1.165) is 53.6 Å². The van der Waals surface area contributed by atoms with E-state index in [2.05, 4.69) is 66.0 Å². The summed E-state index contributed by atoms with van der Waals surface area (Å²) in [6.45, 7) is 12.6. The van der Waals surface area contributed by atoms with Crippen LogP contribution in [0.4, 0.5) is 0 Å². The highest BCUT2D eigenvalue weighted by Gasteiger charge is 2.33. The average Bonchev–Trinajstić information content (AvgIpc) is 3.53. The van der Waals surface area contributed by atoms with Gasteiger partial charge in [0.2, 0.25) is 5.82 Å². The van der Waals surface area contributed by atoms with Crippen molar-refractivity contribution < 1.29 is 14.1 Å². The first-order valence-corrected chi connectivity index (χ1v) is 14.0. The van der Waals surface area contributed by atoms with E-state index in [1.807, 2.05) is 19.2 Å². The summed E-state index contributed by atoms with van der Waals surface area (Å²) in [7, 11) is 0. The van der Waals surface area contributed by atoms with Crippen LogP contribution in [0.3, 0.4) is 0 Å². The number of pyridine rings is 1. The number of benzene rings is 1. The van der Waals surface area contributed by atoms with Crippen LogP contribution < -0.4 is 5.32 Å². The summed E-state index contributed by atoms with van der Waals surface area (Å²) >= 11 is 0. The quantitative estimate of drug-likeness (QED) is 0.223. The molecule has 5 rings (SSSR count). The maximum absolute atomic E-state index is 11.6. The molecule has 3 heterocycles. The number of nitrogens with zero attached hydrogens (tertiary/aromatic N) is 5.